The predicted octanol–water partition coefficient (Wildman–Crippen LogP) is 3.11. The van der Waals surface area contributed by atoms with Crippen molar-refractivity contribution in [2.24, 2.45) is 0 Å². The van der Waals surface area contributed by atoms with Crippen LogP contribution in [0.2, 0.25) is 5.02 Å². The Morgan fingerprint density at radius 1 is 1.56 bits per heavy atom. The number of nitrogens with one attached hydrogen (secondary N) is 1. The molecule has 1 aromatic rings. The van der Waals surface area contributed by atoms with Crippen molar-refractivity contribution in [2.75, 3.05) is 26.0 Å². The number of halogens is 1. The molecule has 1 aliphatic rings. The summed E-state index contributed by atoms with van der Waals surface area (Å²) in [5.41, 5.74) is 1.33. The highest BCUT2D eigenvalue weighted by molar-refractivity contribution is 7.99. The summed E-state index contributed by atoms with van der Waals surface area (Å²) in [6.45, 7) is 1.64. The first-order valence-electron chi connectivity index (χ1n) is 5.46. The van der Waals surface area contributed by atoms with E-state index >= 15 is 0 Å². The van der Waals surface area contributed by atoms with E-state index in [1.54, 1.807) is 7.11 Å². The lowest BCUT2D eigenvalue weighted by atomic mass is 10.0. The van der Waals surface area contributed by atoms with Crippen molar-refractivity contribution in [3.05, 3.63) is 28.8 Å². The first kappa shape index (κ1) is 12.2. The van der Waals surface area contributed by atoms with E-state index in [1.807, 2.05) is 23.9 Å². The predicted molar refractivity (Wildman–Crippen MR) is 69.4 cm³/mol. The van der Waals surface area contributed by atoms with Crippen LogP contribution in [0.1, 0.15) is 18.0 Å². The Hall–Kier alpha value is -0.220. The Kier molecular flexibility index (Phi) is 4.53. The number of hydrogen-bond donors (Lipinski definition) is 1. The molecular weight excluding hydrogens is 242 g/mol. The average molecular weight is 258 g/mol. The summed E-state index contributed by atoms with van der Waals surface area (Å²) in [5.74, 6) is 1.13. The van der Waals surface area contributed by atoms with E-state index in [4.69, 9.17) is 16.3 Å². The molecule has 1 heterocycles. The van der Waals surface area contributed by atoms with Gasteiger partial charge in [-0.2, -0.15) is 0 Å². The number of methoxy groups -OCH3 is 1. The highest BCUT2D eigenvalue weighted by atomic mass is 35.5. The molecule has 16 heavy (non-hydrogen) atoms. The van der Waals surface area contributed by atoms with Gasteiger partial charge in [0.1, 0.15) is 0 Å². The maximum atomic E-state index is 6.20. The number of hydrogen-bond acceptors (Lipinski definition) is 3. The van der Waals surface area contributed by atoms with Crippen molar-refractivity contribution >= 4 is 23.4 Å². The topological polar surface area (TPSA) is 21.3 Å². The Morgan fingerprint density at radius 3 is 3.25 bits per heavy atom. The monoisotopic (exact) mass is 257 g/mol. The fourth-order valence-corrected chi connectivity index (χ4v) is 3.42. The molecular formula is C12H16ClNOS. The SMILES string of the molecule is COCCNC1CCSc2c(Cl)cccc21. The van der Waals surface area contributed by atoms with Crippen LogP contribution in [0.15, 0.2) is 23.1 Å². The van der Waals surface area contributed by atoms with Gasteiger partial charge in [0.15, 0.2) is 0 Å². The van der Waals surface area contributed by atoms with E-state index in [0.29, 0.717) is 6.04 Å². The van der Waals surface area contributed by atoms with Crippen molar-refractivity contribution < 1.29 is 4.74 Å². The highest BCUT2D eigenvalue weighted by Crippen LogP contribution is 2.40. The van der Waals surface area contributed by atoms with Gasteiger partial charge >= 0.3 is 0 Å². The summed E-state index contributed by atoms with van der Waals surface area (Å²) in [6.07, 6.45) is 1.15. The van der Waals surface area contributed by atoms with Crippen LogP contribution in [0.4, 0.5) is 0 Å². The molecule has 1 aliphatic heterocycles. The lowest BCUT2D eigenvalue weighted by Crippen LogP contribution is -2.27. The summed E-state index contributed by atoms with van der Waals surface area (Å²) in [4.78, 5) is 1.24. The van der Waals surface area contributed by atoms with Gasteiger partial charge in [-0.1, -0.05) is 23.7 Å². The second-order valence-electron chi connectivity index (χ2n) is 3.79. The van der Waals surface area contributed by atoms with Crippen LogP contribution in [-0.2, 0) is 4.74 Å². The molecule has 1 N–H and O–H groups in total. The fraction of sp³-hybridized carbons (Fsp3) is 0.500. The van der Waals surface area contributed by atoms with Gasteiger partial charge in [-0.05, 0) is 23.8 Å². The van der Waals surface area contributed by atoms with Gasteiger partial charge in [0.05, 0.1) is 11.6 Å². The van der Waals surface area contributed by atoms with Crippen LogP contribution in [-0.4, -0.2) is 26.0 Å². The largest absolute Gasteiger partial charge is 0.383 e. The zero-order valence-electron chi connectivity index (χ0n) is 9.33. The van der Waals surface area contributed by atoms with E-state index in [0.717, 1.165) is 30.3 Å². The molecule has 0 saturated heterocycles. The van der Waals surface area contributed by atoms with Crippen LogP contribution in [0, 0.1) is 0 Å². The average Bonchev–Trinajstić information content (AvgIpc) is 2.31. The van der Waals surface area contributed by atoms with Crippen molar-refractivity contribution in [3.63, 3.8) is 0 Å². The standard InChI is InChI=1S/C12H16ClNOS/c1-15-7-6-14-11-5-8-16-12-9(11)3-2-4-10(12)13/h2-4,11,14H,5-8H2,1H3. The van der Waals surface area contributed by atoms with Gasteiger partial charge in [0.2, 0.25) is 0 Å². The van der Waals surface area contributed by atoms with Gasteiger partial charge in [-0.25, -0.2) is 0 Å². The fourth-order valence-electron chi connectivity index (χ4n) is 1.93. The molecule has 0 aliphatic carbocycles. The number of thioether (sulfide) groups is 1. The first-order valence-corrected chi connectivity index (χ1v) is 6.83. The van der Waals surface area contributed by atoms with Crippen molar-refractivity contribution in [1.82, 2.24) is 5.32 Å². The van der Waals surface area contributed by atoms with E-state index in [9.17, 15) is 0 Å². The first-order chi connectivity index (χ1) is 7.83. The Bertz CT molecular complexity index is 359. The molecule has 2 rings (SSSR count). The van der Waals surface area contributed by atoms with Crippen LogP contribution in [0.25, 0.3) is 0 Å². The number of benzene rings is 1. The minimum absolute atomic E-state index is 0.421. The Morgan fingerprint density at radius 2 is 2.44 bits per heavy atom. The normalized spacial score (nSPS) is 19.5. The molecule has 2 nitrogen and oxygen atoms in total. The second-order valence-corrected chi connectivity index (χ2v) is 5.31. The summed E-state index contributed by atoms with van der Waals surface area (Å²) < 4.78 is 5.05. The third-order valence-electron chi connectivity index (χ3n) is 2.72. The van der Waals surface area contributed by atoms with E-state index < -0.39 is 0 Å². The van der Waals surface area contributed by atoms with Gasteiger partial charge < -0.3 is 10.1 Å². The van der Waals surface area contributed by atoms with Crippen molar-refractivity contribution in [3.8, 4) is 0 Å². The maximum absolute atomic E-state index is 6.20. The Labute approximate surface area is 106 Å². The van der Waals surface area contributed by atoms with E-state index in [1.165, 1.54) is 10.5 Å². The zero-order valence-corrected chi connectivity index (χ0v) is 10.9. The van der Waals surface area contributed by atoms with Gasteiger partial charge in [-0.3, -0.25) is 0 Å². The van der Waals surface area contributed by atoms with Gasteiger partial charge in [-0.15, -0.1) is 11.8 Å². The number of rotatable bonds is 4. The number of fused-ring (bicyclic) bond motifs is 1. The highest BCUT2D eigenvalue weighted by Gasteiger charge is 2.21. The van der Waals surface area contributed by atoms with Crippen molar-refractivity contribution in [2.45, 2.75) is 17.4 Å². The van der Waals surface area contributed by atoms with Gasteiger partial charge in [0, 0.05) is 24.6 Å². The lowest BCUT2D eigenvalue weighted by Gasteiger charge is -2.26. The minimum atomic E-state index is 0.421. The molecule has 0 radical (unpaired) electrons. The molecule has 1 atom stereocenters. The molecule has 4 heteroatoms. The molecule has 0 amide bonds. The molecule has 88 valence electrons. The quantitative estimate of drug-likeness (QED) is 0.838. The van der Waals surface area contributed by atoms with E-state index in [2.05, 4.69) is 11.4 Å². The lowest BCUT2D eigenvalue weighted by molar-refractivity contribution is 0.195. The van der Waals surface area contributed by atoms with Gasteiger partial charge in [0.25, 0.3) is 0 Å². The zero-order chi connectivity index (χ0) is 11.4. The van der Waals surface area contributed by atoms with Crippen LogP contribution < -0.4 is 5.32 Å². The van der Waals surface area contributed by atoms with Crippen molar-refractivity contribution in [1.29, 1.82) is 0 Å². The summed E-state index contributed by atoms with van der Waals surface area (Å²) in [7, 11) is 1.73. The summed E-state index contributed by atoms with van der Waals surface area (Å²) in [6, 6.07) is 6.57. The molecule has 0 spiro atoms. The van der Waals surface area contributed by atoms with Crippen LogP contribution >= 0.6 is 23.4 Å². The molecule has 0 fully saturated rings. The molecule has 1 unspecified atom stereocenters. The van der Waals surface area contributed by atoms with Crippen LogP contribution in [0.3, 0.4) is 0 Å². The van der Waals surface area contributed by atoms with E-state index in [-0.39, 0.29) is 0 Å². The smallest absolute Gasteiger partial charge is 0.0587 e. The molecule has 1 aromatic carbocycles. The Balaban J connectivity index is 2.10. The molecule has 0 bridgehead atoms. The number of ether oxygens (including phenoxy) is 1. The third-order valence-corrected chi connectivity index (χ3v) is 4.33. The minimum Gasteiger partial charge on any atom is -0.383 e. The summed E-state index contributed by atoms with van der Waals surface area (Å²) in [5, 5.41) is 4.38. The molecule has 0 aromatic heterocycles. The second kappa shape index (κ2) is 5.92. The third kappa shape index (κ3) is 2.72. The maximum Gasteiger partial charge on any atom is 0.0587 e. The summed E-state index contributed by atoms with van der Waals surface area (Å²) >= 11 is 8.05. The van der Waals surface area contributed by atoms with Crippen LogP contribution in [0.5, 0.6) is 0 Å². The molecule has 0 saturated carbocycles.